The Bertz CT molecular complexity index is 786. The molecular formula is C20H20N2O2. The summed E-state index contributed by atoms with van der Waals surface area (Å²) in [7, 11) is 0. The van der Waals surface area contributed by atoms with Crippen LogP contribution in [0, 0.1) is 6.92 Å². The minimum Gasteiger partial charge on any atom is -0.489 e. The highest BCUT2D eigenvalue weighted by molar-refractivity contribution is 5.36. The summed E-state index contributed by atoms with van der Waals surface area (Å²) in [4.78, 5) is 4.31. The molecule has 0 spiro atoms. The van der Waals surface area contributed by atoms with Crippen LogP contribution in [-0.4, -0.2) is 4.98 Å². The van der Waals surface area contributed by atoms with Crippen molar-refractivity contribution in [2.24, 2.45) is 5.73 Å². The Morgan fingerprint density at radius 1 is 0.917 bits per heavy atom. The first-order chi connectivity index (χ1) is 11.7. The van der Waals surface area contributed by atoms with Crippen molar-refractivity contribution < 1.29 is 9.47 Å². The van der Waals surface area contributed by atoms with Crippen LogP contribution in [-0.2, 0) is 13.2 Å². The number of nitrogens with zero attached hydrogens (tertiary/aromatic N) is 1. The molecule has 2 aromatic carbocycles. The maximum absolute atomic E-state index is 5.82. The van der Waals surface area contributed by atoms with Crippen LogP contribution in [0.5, 0.6) is 17.4 Å². The highest BCUT2D eigenvalue weighted by Crippen LogP contribution is 2.25. The van der Waals surface area contributed by atoms with E-state index in [2.05, 4.69) is 4.98 Å². The second-order valence-corrected chi connectivity index (χ2v) is 5.52. The van der Waals surface area contributed by atoms with Gasteiger partial charge in [0.1, 0.15) is 18.1 Å². The van der Waals surface area contributed by atoms with Crippen LogP contribution >= 0.6 is 0 Å². The lowest BCUT2D eigenvalue weighted by Crippen LogP contribution is -1.99. The molecule has 0 saturated carbocycles. The molecule has 0 fully saturated rings. The average Bonchev–Trinajstić information content (AvgIpc) is 2.63. The lowest BCUT2D eigenvalue weighted by atomic mass is 10.2. The molecule has 0 aliphatic rings. The van der Waals surface area contributed by atoms with Gasteiger partial charge in [-0.05, 0) is 48.4 Å². The van der Waals surface area contributed by atoms with E-state index >= 15 is 0 Å². The third-order valence-electron chi connectivity index (χ3n) is 3.61. The normalized spacial score (nSPS) is 10.4. The Balaban J connectivity index is 1.62. The largest absolute Gasteiger partial charge is 0.489 e. The van der Waals surface area contributed by atoms with Crippen molar-refractivity contribution in [3.8, 4) is 17.4 Å². The standard InChI is InChI=1S/C20H20N2O2/c1-15-11-17(12-21)13-22-20(15)24-19-9-7-18(8-10-19)23-14-16-5-3-2-4-6-16/h2-11,13H,12,14,21H2,1H3. The van der Waals surface area contributed by atoms with E-state index in [4.69, 9.17) is 15.2 Å². The molecule has 0 aliphatic heterocycles. The number of benzene rings is 2. The van der Waals surface area contributed by atoms with Crippen LogP contribution in [0.15, 0.2) is 66.9 Å². The zero-order valence-corrected chi connectivity index (χ0v) is 13.6. The van der Waals surface area contributed by atoms with Gasteiger partial charge >= 0.3 is 0 Å². The molecule has 122 valence electrons. The third-order valence-corrected chi connectivity index (χ3v) is 3.61. The Kier molecular flexibility index (Phi) is 5.08. The molecule has 4 heteroatoms. The summed E-state index contributed by atoms with van der Waals surface area (Å²) in [5, 5.41) is 0. The number of rotatable bonds is 6. The molecule has 3 rings (SSSR count). The Morgan fingerprint density at radius 2 is 1.62 bits per heavy atom. The summed E-state index contributed by atoms with van der Waals surface area (Å²) in [6.45, 7) is 2.97. The maximum Gasteiger partial charge on any atom is 0.222 e. The van der Waals surface area contributed by atoms with Crippen molar-refractivity contribution >= 4 is 0 Å². The van der Waals surface area contributed by atoms with Crippen molar-refractivity contribution in [1.29, 1.82) is 0 Å². The topological polar surface area (TPSA) is 57.4 Å². The molecule has 24 heavy (non-hydrogen) atoms. The number of hydrogen-bond donors (Lipinski definition) is 1. The lowest BCUT2D eigenvalue weighted by Gasteiger charge is -2.10. The number of aryl methyl sites for hydroxylation is 1. The Morgan fingerprint density at radius 3 is 2.29 bits per heavy atom. The van der Waals surface area contributed by atoms with Gasteiger partial charge < -0.3 is 15.2 Å². The fourth-order valence-electron chi connectivity index (χ4n) is 2.30. The molecular weight excluding hydrogens is 300 g/mol. The number of hydrogen-bond acceptors (Lipinski definition) is 4. The van der Waals surface area contributed by atoms with Gasteiger partial charge in [-0.2, -0.15) is 0 Å². The Labute approximate surface area is 141 Å². The van der Waals surface area contributed by atoms with Gasteiger partial charge in [-0.1, -0.05) is 30.3 Å². The van der Waals surface area contributed by atoms with E-state index in [1.807, 2.05) is 67.6 Å². The Hall–Kier alpha value is -2.85. The summed E-state index contributed by atoms with van der Waals surface area (Å²) in [6.07, 6.45) is 1.74. The van der Waals surface area contributed by atoms with E-state index in [0.29, 0.717) is 19.0 Å². The molecule has 0 unspecified atom stereocenters. The maximum atomic E-state index is 5.82. The number of pyridine rings is 1. The molecule has 1 aromatic heterocycles. The molecule has 0 atom stereocenters. The van der Waals surface area contributed by atoms with Crippen LogP contribution in [0.2, 0.25) is 0 Å². The molecule has 0 aliphatic carbocycles. The highest BCUT2D eigenvalue weighted by atomic mass is 16.5. The van der Waals surface area contributed by atoms with Crippen LogP contribution in [0.25, 0.3) is 0 Å². The molecule has 0 radical (unpaired) electrons. The van der Waals surface area contributed by atoms with Gasteiger partial charge in [0.2, 0.25) is 5.88 Å². The van der Waals surface area contributed by atoms with Gasteiger partial charge in [0, 0.05) is 18.3 Å². The number of aromatic nitrogens is 1. The fourth-order valence-corrected chi connectivity index (χ4v) is 2.30. The van der Waals surface area contributed by atoms with Crippen LogP contribution in [0.3, 0.4) is 0 Å². The fraction of sp³-hybridized carbons (Fsp3) is 0.150. The zero-order chi connectivity index (χ0) is 16.8. The molecule has 4 nitrogen and oxygen atoms in total. The first kappa shape index (κ1) is 16.0. The molecule has 1 heterocycles. The lowest BCUT2D eigenvalue weighted by molar-refractivity contribution is 0.305. The SMILES string of the molecule is Cc1cc(CN)cnc1Oc1ccc(OCc2ccccc2)cc1. The van der Waals surface area contributed by atoms with E-state index in [9.17, 15) is 0 Å². The summed E-state index contributed by atoms with van der Waals surface area (Å²) in [6, 6.07) is 19.6. The van der Waals surface area contributed by atoms with E-state index in [1.165, 1.54) is 0 Å². The van der Waals surface area contributed by atoms with Crippen molar-refractivity contribution in [3.05, 3.63) is 83.6 Å². The number of ether oxygens (including phenoxy) is 2. The van der Waals surface area contributed by atoms with Crippen molar-refractivity contribution in [1.82, 2.24) is 4.98 Å². The van der Waals surface area contributed by atoms with Gasteiger partial charge in [-0.3, -0.25) is 0 Å². The van der Waals surface area contributed by atoms with Crippen LogP contribution < -0.4 is 15.2 Å². The molecule has 0 amide bonds. The van der Waals surface area contributed by atoms with Gasteiger partial charge in [0.05, 0.1) is 0 Å². The minimum atomic E-state index is 0.474. The number of nitrogens with two attached hydrogens (primary N) is 1. The van der Waals surface area contributed by atoms with Gasteiger partial charge in [-0.25, -0.2) is 4.98 Å². The first-order valence-electron chi connectivity index (χ1n) is 7.85. The highest BCUT2D eigenvalue weighted by Gasteiger charge is 2.05. The van der Waals surface area contributed by atoms with Crippen molar-refractivity contribution in [2.45, 2.75) is 20.1 Å². The quantitative estimate of drug-likeness (QED) is 0.739. The van der Waals surface area contributed by atoms with Gasteiger partial charge in [-0.15, -0.1) is 0 Å². The second-order valence-electron chi connectivity index (χ2n) is 5.52. The second kappa shape index (κ2) is 7.62. The van der Waals surface area contributed by atoms with Crippen molar-refractivity contribution in [3.63, 3.8) is 0 Å². The predicted octanol–water partition coefficient (Wildman–Crippen LogP) is 4.22. The molecule has 0 saturated heterocycles. The minimum absolute atomic E-state index is 0.474. The third kappa shape index (κ3) is 4.12. The van der Waals surface area contributed by atoms with E-state index in [-0.39, 0.29) is 0 Å². The zero-order valence-electron chi connectivity index (χ0n) is 13.6. The van der Waals surface area contributed by atoms with E-state index in [1.54, 1.807) is 6.20 Å². The average molecular weight is 320 g/mol. The van der Waals surface area contributed by atoms with E-state index in [0.717, 1.165) is 28.2 Å². The summed E-state index contributed by atoms with van der Waals surface area (Å²) in [5.41, 5.74) is 8.70. The summed E-state index contributed by atoms with van der Waals surface area (Å²) < 4.78 is 11.6. The van der Waals surface area contributed by atoms with E-state index < -0.39 is 0 Å². The van der Waals surface area contributed by atoms with Gasteiger partial charge in [0.15, 0.2) is 0 Å². The summed E-state index contributed by atoms with van der Waals surface area (Å²) in [5.74, 6) is 2.11. The predicted molar refractivity (Wildman–Crippen MR) is 94.2 cm³/mol. The molecule has 0 bridgehead atoms. The molecule has 2 N–H and O–H groups in total. The first-order valence-corrected chi connectivity index (χ1v) is 7.85. The van der Waals surface area contributed by atoms with Crippen molar-refractivity contribution in [2.75, 3.05) is 0 Å². The van der Waals surface area contributed by atoms with Crippen LogP contribution in [0.1, 0.15) is 16.7 Å². The summed E-state index contributed by atoms with van der Waals surface area (Å²) >= 11 is 0. The monoisotopic (exact) mass is 320 g/mol. The molecule has 3 aromatic rings. The van der Waals surface area contributed by atoms with Crippen LogP contribution in [0.4, 0.5) is 0 Å². The smallest absolute Gasteiger partial charge is 0.222 e. The van der Waals surface area contributed by atoms with Gasteiger partial charge in [0.25, 0.3) is 0 Å².